The van der Waals surface area contributed by atoms with Gasteiger partial charge in [-0.2, -0.15) is 0 Å². The molecule has 2 aliphatic carbocycles. The van der Waals surface area contributed by atoms with Crippen LogP contribution in [0.3, 0.4) is 0 Å². The van der Waals surface area contributed by atoms with E-state index in [4.69, 9.17) is 5.73 Å². The van der Waals surface area contributed by atoms with Crippen LogP contribution in [-0.4, -0.2) is 61.1 Å². The predicted molar refractivity (Wildman–Crippen MR) is 126 cm³/mol. The van der Waals surface area contributed by atoms with Crippen LogP contribution in [0.4, 0.5) is 17.3 Å². The van der Waals surface area contributed by atoms with Crippen molar-refractivity contribution in [1.29, 1.82) is 0 Å². The number of imidazole rings is 1. The molecule has 0 atom stereocenters. The van der Waals surface area contributed by atoms with Crippen LogP contribution in [0, 0.1) is 0 Å². The van der Waals surface area contributed by atoms with Crippen molar-refractivity contribution in [1.82, 2.24) is 29.9 Å². The van der Waals surface area contributed by atoms with Crippen LogP contribution in [-0.2, 0) is 4.79 Å². The van der Waals surface area contributed by atoms with E-state index in [1.807, 2.05) is 6.07 Å². The summed E-state index contributed by atoms with van der Waals surface area (Å²) in [6, 6.07) is 4.35. The molecule has 34 heavy (non-hydrogen) atoms. The second-order valence-corrected chi connectivity index (χ2v) is 8.75. The van der Waals surface area contributed by atoms with Crippen LogP contribution in [0.2, 0.25) is 0 Å². The third-order valence-corrected chi connectivity index (χ3v) is 6.09. The number of amides is 2. The second-order valence-electron chi connectivity index (χ2n) is 8.75. The molecule has 3 aromatic heterocycles. The minimum absolute atomic E-state index is 0.0108. The van der Waals surface area contributed by atoms with Crippen molar-refractivity contribution in [2.45, 2.75) is 56.7 Å². The first-order valence-corrected chi connectivity index (χ1v) is 11.6. The molecule has 0 spiro atoms. The van der Waals surface area contributed by atoms with Crippen molar-refractivity contribution in [3.8, 4) is 0 Å². The molecular weight excluding hydrogens is 436 g/mol. The van der Waals surface area contributed by atoms with Gasteiger partial charge in [-0.1, -0.05) is 0 Å². The topological polar surface area (TPSA) is 164 Å². The van der Waals surface area contributed by atoms with Crippen molar-refractivity contribution in [2.75, 3.05) is 22.5 Å². The minimum Gasteiger partial charge on any atom is -0.379 e. The second kappa shape index (κ2) is 9.59. The maximum Gasteiger partial charge on any atom is 0.277 e. The number of carbonyl (C=O) groups is 2. The molecular formula is C22H28N10O2. The zero-order valence-corrected chi connectivity index (χ0v) is 18.7. The molecule has 0 unspecified atom stereocenters. The van der Waals surface area contributed by atoms with E-state index in [9.17, 15) is 9.59 Å². The quantitative estimate of drug-likeness (QED) is 0.329. The number of fused-ring (bicyclic) bond motifs is 1. The largest absolute Gasteiger partial charge is 0.379 e. The number of rotatable bonds is 8. The number of carbonyl (C=O) groups excluding carboxylic acids is 2. The lowest BCUT2D eigenvalue weighted by Gasteiger charge is -2.30. The zero-order valence-electron chi connectivity index (χ0n) is 18.7. The van der Waals surface area contributed by atoms with Gasteiger partial charge in [-0.3, -0.25) is 9.59 Å². The van der Waals surface area contributed by atoms with E-state index in [1.54, 1.807) is 16.8 Å². The number of nitrogens with one attached hydrogen (secondary N) is 4. The third kappa shape index (κ3) is 5.06. The Balaban J connectivity index is 1.35. The van der Waals surface area contributed by atoms with E-state index in [-0.39, 0.29) is 30.4 Å². The third-order valence-electron chi connectivity index (χ3n) is 6.09. The van der Waals surface area contributed by atoms with Gasteiger partial charge in [-0.15, -0.1) is 5.10 Å². The van der Waals surface area contributed by atoms with Gasteiger partial charge in [0, 0.05) is 30.4 Å². The molecule has 0 radical (unpaired) electrons. The van der Waals surface area contributed by atoms with Crippen LogP contribution in [0.25, 0.3) is 5.65 Å². The molecule has 0 bridgehead atoms. The average molecular weight is 465 g/mol. The molecule has 3 heterocycles. The molecule has 2 amide bonds. The van der Waals surface area contributed by atoms with E-state index in [1.165, 1.54) is 12.5 Å². The first-order valence-electron chi connectivity index (χ1n) is 11.6. The fourth-order valence-corrected chi connectivity index (χ4v) is 4.17. The number of hydrogen-bond acceptors (Lipinski definition) is 9. The summed E-state index contributed by atoms with van der Waals surface area (Å²) >= 11 is 0. The number of nitrogens with zero attached hydrogens (tertiary/aromatic N) is 5. The van der Waals surface area contributed by atoms with Crippen LogP contribution < -0.4 is 27.0 Å². The smallest absolute Gasteiger partial charge is 0.277 e. The number of anilines is 3. The lowest BCUT2D eigenvalue weighted by molar-refractivity contribution is -0.120. The number of nitrogens with two attached hydrogens (primary N) is 1. The van der Waals surface area contributed by atoms with E-state index in [0.717, 1.165) is 44.2 Å². The Morgan fingerprint density at radius 2 is 1.74 bits per heavy atom. The van der Waals surface area contributed by atoms with Crippen LogP contribution in [0.15, 0.2) is 30.9 Å². The SMILES string of the molecule is NCC(=O)N[C@H]1CC[C@H](Nc2cc(NC3CC3)c3ncc(C(=O)Nc4ccncn4)n3n2)CC1. The van der Waals surface area contributed by atoms with Gasteiger partial charge < -0.3 is 27.0 Å². The van der Waals surface area contributed by atoms with Crippen LogP contribution in [0.5, 0.6) is 0 Å². The van der Waals surface area contributed by atoms with Crippen LogP contribution >= 0.6 is 0 Å². The summed E-state index contributed by atoms with van der Waals surface area (Å²) in [5.41, 5.74) is 7.15. The summed E-state index contributed by atoms with van der Waals surface area (Å²) in [7, 11) is 0. The van der Waals surface area contributed by atoms with Gasteiger partial charge in [0.25, 0.3) is 5.91 Å². The van der Waals surface area contributed by atoms with Crippen molar-refractivity contribution in [2.24, 2.45) is 5.73 Å². The molecule has 6 N–H and O–H groups in total. The predicted octanol–water partition coefficient (Wildman–Crippen LogP) is 1.14. The summed E-state index contributed by atoms with van der Waals surface area (Å²) in [6.45, 7) is 0.0108. The van der Waals surface area contributed by atoms with Gasteiger partial charge >= 0.3 is 0 Å². The van der Waals surface area contributed by atoms with E-state index in [2.05, 4.69) is 41.3 Å². The molecule has 0 aromatic carbocycles. The Morgan fingerprint density at radius 1 is 1.00 bits per heavy atom. The Labute approximate surface area is 196 Å². The molecule has 2 aliphatic rings. The molecule has 2 saturated carbocycles. The summed E-state index contributed by atoms with van der Waals surface area (Å²) in [4.78, 5) is 36.9. The summed E-state index contributed by atoms with van der Waals surface area (Å²) in [5, 5.41) is 17.4. The number of aromatic nitrogens is 5. The molecule has 0 saturated heterocycles. The van der Waals surface area contributed by atoms with Crippen molar-refractivity contribution >= 4 is 34.8 Å². The summed E-state index contributed by atoms with van der Waals surface area (Å²) < 4.78 is 1.57. The lowest BCUT2D eigenvalue weighted by atomic mass is 9.91. The maximum absolute atomic E-state index is 12.9. The van der Waals surface area contributed by atoms with Gasteiger partial charge in [-0.25, -0.2) is 19.5 Å². The van der Waals surface area contributed by atoms with Gasteiger partial charge in [0.15, 0.2) is 11.3 Å². The Bertz CT molecular complexity index is 1170. The highest BCUT2D eigenvalue weighted by molar-refractivity contribution is 6.03. The monoisotopic (exact) mass is 464 g/mol. The highest BCUT2D eigenvalue weighted by Gasteiger charge is 2.26. The van der Waals surface area contributed by atoms with Crippen molar-refractivity contribution < 1.29 is 9.59 Å². The molecule has 12 heteroatoms. The number of hydrogen-bond donors (Lipinski definition) is 5. The normalized spacial score (nSPS) is 20.0. The average Bonchev–Trinajstić information content (AvgIpc) is 3.56. The van der Waals surface area contributed by atoms with Gasteiger partial charge in [0.05, 0.1) is 18.4 Å². The molecule has 2 fully saturated rings. The standard InChI is InChI=1S/C22H28N10O2/c23-10-20(33)29-15-5-3-14(4-6-15)28-19-9-16(27-13-1-2-13)21-25-11-17(32(21)31-19)22(34)30-18-7-8-24-12-26-18/h7-9,11-15,27H,1-6,10,23H2,(H,28,31)(H,29,33)(H,24,26,30,34)/t14-,15-. The fourth-order valence-electron chi connectivity index (χ4n) is 4.17. The van der Waals surface area contributed by atoms with Crippen molar-refractivity contribution in [3.05, 3.63) is 36.5 Å². The maximum atomic E-state index is 12.9. The molecule has 3 aromatic rings. The summed E-state index contributed by atoms with van der Waals surface area (Å²) in [6.07, 6.45) is 10.2. The van der Waals surface area contributed by atoms with Gasteiger partial charge in [0.2, 0.25) is 5.91 Å². The highest BCUT2D eigenvalue weighted by Crippen LogP contribution is 2.30. The first-order chi connectivity index (χ1) is 16.6. The highest BCUT2D eigenvalue weighted by atomic mass is 16.2. The molecule has 0 aliphatic heterocycles. The van der Waals surface area contributed by atoms with Crippen LogP contribution in [0.1, 0.15) is 49.0 Å². The lowest BCUT2D eigenvalue weighted by Crippen LogP contribution is -2.42. The Morgan fingerprint density at radius 3 is 2.44 bits per heavy atom. The Hall–Kier alpha value is -3.80. The van der Waals surface area contributed by atoms with Gasteiger partial charge in [0.1, 0.15) is 18.0 Å². The van der Waals surface area contributed by atoms with E-state index < -0.39 is 0 Å². The Kier molecular flexibility index (Phi) is 6.21. The van der Waals surface area contributed by atoms with E-state index in [0.29, 0.717) is 29.0 Å². The molecule has 5 rings (SSSR count). The summed E-state index contributed by atoms with van der Waals surface area (Å²) in [5.74, 6) is 0.592. The van der Waals surface area contributed by atoms with Crippen molar-refractivity contribution in [3.63, 3.8) is 0 Å². The minimum atomic E-state index is -0.357. The molecule has 178 valence electrons. The van der Waals surface area contributed by atoms with E-state index >= 15 is 0 Å². The fraction of sp³-hybridized carbons (Fsp3) is 0.455. The van der Waals surface area contributed by atoms with Gasteiger partial charge in [-0.05, 0) is 44.6 Å². The first kappa shape index (κ1) is 22.0. The molecule has 12 nitrogen and oxygen atoms in total. The zero-order chi connectivity index (χ0) is 23.5.